The highest BCUT2D eigenvalue weighted by atomic mass is 79.9. The lowest BCUT2D eigenvalue weighted by Gasteiger charge is -2.14. The average molecular weight is 349 g/mol. The van der Waals surface area contributed by atoms with E-state index in [0.29, 0.717) is 4.73 Å². The number of nitrogens with zero attached hydrogens (tertiary/aromatic N) is 3. The number of imidazole rings is 1. The van der Waals surface area contributed by atoms with Gasteiger partial charge in [-0.05, 0) is 15.9 Å². The maximum Gasteiger partial charge on any atom is 0.280 e. The number of rotatable bonds is 2. The number of hydrogen-bond acceptors (Lipinski definition) is 7. The number of ether oxygens (including phenoxy) is 1. The van der Waals surface area contributed by atoms with Gasteiger partial charge in [-0.1, -0.05) is 0 Å². The Balaban J connectivity index is 2.13. The van der Waals surface area contributed by atoms with Crippen LogP contribution in [0.25, 0.3) is 11.2 Å². The third-order valence-corrected chi connectivity index (χ3v) is 3.76. The van der Waals surface area contributed by atoms with E-state index >= 15 is 0 Å². The van der Waals surface area contributed by atoms with E-state index in [0.717, 1.165) is 0 Å². The number of anilines is 1. The molecule has 1 aliphatic heterocycles. The van der Waals surface area contributed by atoms with Gasteiger partial charge in [-0.25, -0.2) is 4.98 Å². The van der Waals surface area contributed by atoms with Gasteiger partial charge in [-0.15, -0.1) is 0 Å². The Labute approximate surface area is 120 Å². The van der Waals surface area contributed by atoms with Crippen molar-refractivity contribution in [2.24, 2.45) is 0 Å². The lowest BCUT2D eigenvalue weighted by atomic mass is 10.2. The van der Waals surface area contributed by atoms with E-state index in [1.807, 2.05) is 0 Å². The van der Waals surface area contributed by atoms with E-state index in [1.165, 1.54) is 4.57 Å². The molecule has 2 aromatic heterocycles. The molecule has 1 saturated heterocycles. The molecule has 9 nitrogen and oxygen atoms in total. The molecule has 0 saturated carbocycles. The van der Waals surface area contributed by atoms with Gasteiger partial charge in [0.2, 0.25) is 5.95 Å². The summed E-state index contributed by atoms with van der Waals surface area (Å²) in [7, 11) is 0. The number of nitrogens with one attached hydrogen (secondary N) is 1. The summed E-state index contributed by atoms with van der Waals surface area (Å²) >= 11 is 3.23. The van der Waals surface area contributed by atoms with E-state index in [1.54, 1.807) is 0 Å². The molecule has 0 aromatic carbocycles. The van der Waals surface area contributed by atoms with Crippen LogP contribution in [0.15, 0.2) is 9.53 Å². The molecule has 5 N–H and O–H groups in total. The molecule has 10 heteroatoms. The van der Waals surface area contributed by atoms with E-state index < -0.39 is 24.0 Å². The fourth-order valence-electron chi connectivity index (χ4n) is 2.27. The first-order chi connectivity index (χ1) is 9.51. The van der Waals surface area contributed by atoms with Crippen molar-refractivity contribution in [2.75, 3.05) is 12.3 Å². The van der Waals surface area contributed by atoms with Crippen molar-refractivity contribution in [3.8, 4) is 0 Å². The average Bonchev–Trinajstić information content (AvgIpc) is 2.89. The zero-order chi connectivity index (χ0) is 14.4. The van der Waals surface area contributed by atoms with Crippen molar-refractivity contribution >= 4 is 33.0 Å². The SMILES string of the molecule is [15NH2][13c]1nc2c(nc(Br)n2[C@H]2C[C@@H](O)[C@@H](CO)O2)c(=O)[15nH]1. The van der Waals surface area contributed by atoms with Gasteiger partial charge in [-0.3, -0.25) is 14.3 Å². The zero-order valence-corrected chi connectivity index (χ0v) is 11.7. The number of aromatic amines is 1. The van der Waals surface area contributed by atoms with Crippen LogP contribution in [0.5, 0.6) is 0 Å². The second-order valence-electron chi connectivity index (χ2n) is 4.49. The molecule has 20 heavy (non-hydrogen) atoms. The van der Waals surface area contributed by atoms with E-state index in [-0.39, 0.29) is 30.1 Å². The molecule has 0 radical (unpaired) electrons. The molecule has 1 fully saturated rings. The Morgan fingerprint density at radius 3 is 2.95 bits per heavy atom. The maximum absolute atomic E-state index is 11.8. The first kappa shape index (κ1) is 13.5. The standard InChI is InChI=1S/C10H12BrN5O4/c11-9-13-6-7(14-10(12)15-8(6)19)16(9)5-1-3(18)4(2-17)20-5/h3-5,17-18H,1-2H2,(H3,12,14,15,19)/t3-,4-,5-/m1/s1/i10+1,12+1,15+1. The zero-order valence-electron chi connectivity index (χ0n) is 10.2. The molecule has 1 aliphatic rings. The van der Waals surface area contributed by atoms with Crippen LogP contribution < -0.4 is 11.3 Å². The topological polar surface area (TPSA) is 139 Å². The van der Waals surface area contributed by atoms with E-state index in [9.17, 15) is 9.90 Å². The molecular formula is C10H12BrN5O4. The van der Waals surface area contributed by atoms with Crippen LogP contribution in [0, 0.1) is 0 Å². The van der Waals surface area contributed by atoms with Crippen LogP contribution in [-0.2, 0) is 4.74 Å². The van der Waals surface area contributed by atoms with E-state index in [4.69, 9.17) is 15.6 Å². The Bertz CT molecular complexity index is 713. The highest BCUT2D eigenvalue weighted by Crippen LogP contribution is 2.33. The number of aliphatic hydroxyl groups excluding tert-OH is 2. The van der Waals surface area contributed by atoms with Crippen molar-refractivity contribution in [3.63, 3.8) is 0 Å². The summed E-state index contributed by atoms with van der Waals surface area (Å²) < 4.78 is 7.40. The summed E-state index contributed by atoms with van der Waals surface area (Å²) in [5, 5.41) is 18.9. The van der Waals surface area contributed by atoms with Gasteiger partial charge in [-0.2, -0.15) is 4.98 Å². The number of hydrogen-bond donors (Lipinski definition) is 4. The molecule has 0 unspecified atom stereocenters. The molecule has 0 amide bonds. The number of aromatic nitrogens is 4. The highest BCUT2D eigenvalue weighted by molar-refractivity contribution is 9.10. The fourth-order valence-corrected chi connectivity index (χ4v) is 2.84. The van der Waals surface area contributed by atoms with Crippen molar-refractivity contribution in [1.29, 1.82) is 0 Å². The number of halogens is 1. The monoisotopic (exact) mass is 348 g/mol. The number of aliphatic hydroxyl groups is 2. The Kier molecular flexibility index (Phi) is 3.24. The Hall–Kier alpha value is -1.49. The minimum atomic E-state index is -0.798. The third-order valence-electron chi connectivity index (χ3n) is 3.20. The molecule has 3 heterocycles. The summed E-state index contributed by atoms with van der Waals surface area (Å²) in [5.41, 5.74) is 5.45. The van der Waals surface area contributed by atoms with Crippen LogP contribution in [0.3, 0.4) is 0 Å². The maximum atomic E-state index is 11.8. The Morgan fingerprint density at radius 2 is 2.30 bits per heavy atom. The molecule has 3 atom stereocenters. The predicted molar refractivity (Wildman–Crippen MR) is 71.9 cm³/mol. The third kappa shape index (κ3) is 2.00. The number of fused-ring (bicyclic) bond motifs is 1. The summed E-state index contributed by atoms with van der Waals surface area (Å²) in [6.07, 6.45) is -1.81. The lowest BCUT2D eigenvalue weighted by molar-refractivity contribution is -0.0439. The highest BCUT2D eigenvalue weighted by Gasteiger charge is 2.36. The summed E-state index contributed by atoms with van der Waals surface area (Å²) in [6, 6.07) is 0. The number of nitrogens with two attached hydrogens (primary N) is 1. The van der Waals surface area contributed by atoms with Crippen molar-refractivity contribution in [1.82, 2.24) is 19.5 Å². The molecule has 3 rings (SSSR count). The van der Waals surface area contributed by atoms with E-state index in [2.05, 4.69) is 30.9 Å². The fraction of sp³-hybridized carbons (Fsp3) is 0.500. The van der Waals surface area contributed by atoms with Gasteiger partial charge in [0.25, 0.3) is 5.56 Å². The second-order valence-corrected chi connectivity index (χ2v) is 5.20. The predicted octanol–water partition coefficient (Wildman–Crippen LogP) is -0.895. The molecule has 0 bridgehead atoms. The minimum absolute atomic E-state index is 0.0339. The van der Waals surface area contributed by atoms with Crippen LogP contribution in [0.2, 0.25) is 0 Å². The van der Waals surface area contributed by atoms with Crippen LogP contribution in [0.1, 0.15) is 12.6 Å². The summed E-state index contributed by atoms with van der Waals surface area (Å²) in [4.78, 5) is 22.2. The molecule has 2 aromatic rings. The molecule has 108 valence electrons. The lowest BCUT2D eigenvalue weighted by Crippen LogP contribution is -2.24. The van der Waals surface area contributed by atoms with Gasteiger partial charge < -0.3 is 20.7 Å². The normalized spacial score (nSPS) is 26.4. The molecule has 0 spiro atoms. The summed E-state index contributed by atoms with van der Waals surface area (Å²) in [6.45, 7) is -0.294. The smallest absolute Gasteiger partial charge is 0.280 e. The Morgan fingerprint density at radius 1 is 1.55 bits per heavy atom. The summed E-state index contributed by atoms with van der Waals surface area (Å²) in [5.74, 6) is -0.0339. The van der Waals surface area contributed by atoms with Crippen molar-refractivity contribution < 1.29 is 14.9 Å². The number of H-pyrrole nitrogens is 1. The largest absolute Gasteiger partial charge is 0.394 e. The van der Waals surface area contributed by atoms with Crippen LogP contribution in [-0.4, -0.2) is 48.5 Å². The van der Waals surface area contributed by atoms with Crippen molar-refractivity contribution in [3.05, 3.63) is 15.1 Å². The molecular weight excluding hydrogens is 337 g/mol. The van der Waals surface area contributed by atoms with Gasteiger partial charge in [0, 0.05) is 6.42 Å². The first-order valence-corrected chi connectivity index (χ1v) is 6.68. The minimum Gasteiger partial charge on any atom is -0.394 e. The van der Waals surface area contributed by atoms with Crippen LogP contribution >= 0.6 is 15.9 Å². The van der Waals surface area contributed by atoms with Gasteiger partial charge in [0.15, 0.2) is 15.9 Å². The van der Waals surface area contributed by atoms with Gasteiger partial charge in [0.05, 0.1) is 12.7 Å². The quantitative estimate of drug-likeness (QED) is 0.407. The molecule has 0 aliphatic carbocycles. The van der Waals surface area contributed by atoms with Crippen molar-refractivity contribution in [2.45, 2.75) is 24.9 Å². The number of nitrogen functional groups attached to an aromatic ring is 1. The second kappa shape index (κ2) is 4.81. The van der Waals surface area contributed by atoms with Gasteiger partial charge in [0.1, 0.15) is 12.3 Å². The first-order valence-electron chi connectivity index (χ1n) is 5.89. The van der Waals surface area contributed by atoms with Gasteiger partial charge >= 0.3 is 0 Å². The van der Waals surface area contributed by atoms with Crippen LogP contribution in [0.4, 0.5) is 5.95 Å².